The van der Waals surface area contributed by atoms with Gasteiger partial charge in [-0.15, -0.1) is 5.10 Å². The summed E-state index contributed by atoms with van der Waals surface area (Å²) >= 11 is 0. The molecule has 0 saturated carbocycles. The highest BCUT2D eigenvalue weighted by molar-refractivity contribution is 5.94. The van der Waals surface area contributed by atoms with Crippen LogP contribution >= 0.6 is 0 Å². The van der Waals surface area contributed by atoms with Crippen molar-refractivity contribution in [3.8, 4) is 16.9 Å². The summed E-state index contributed by atoms with van der Waals surface area (Å²) < 4.78 is 7.02. The molecule has 0 aliphatic carbocycles. The van der Waals surface area contributed by atoms with Crippen LogP contribution in [0.4, 0.5) is 10.5 Å². The van der Waals surface area contributed by atoms with E-state index in [0.717, 1.165) is 35.2 Å². The van der Waals surface area contributed by atoms with E-state index in [1.165, 1.54) is 0 Å². The van der Waals surface area contributed by atoms with Gasteiger partial charge in [-0.25, -0.2) is 14.5 Å². The summed E-state index contributed by atoms with van der Waals surface area (Å²) in [5, 5.41) is 18.1. The summed E-state index contributed by atoms with van der Waals surface area (Å²) in [6, 6.07) is 10.1. The molecule has 5 rings (SSSR count). The van der Waals surface area contributed by atoms with Crippen molar-refractivity contribution in [3.63, 3.8) is 0 Å². The van der Waals surface area contributed by atoms with E-state index in [4.69, 9.17) is 4.74 Å². The highest BCUT2D eigenvalue weighted by atomic mass is 16.6. The maximum Gasteiger partial charge on any atom is 0.415 e. The van der Waals surface area contributed by atoms with Crippen molar-refractivity contribution in [2.24, 2.45) is 0 Å². The first-order valence-electron chi connectivity index (χ1n) is 10.1. The van der Waals surface area contributed by atoms with Gasteiger partial charge in [-0.05, 0) is 62.1 Å². The molecule has 1 fully saturated rings. The van der Waals surface area contributed by atoms with Crippen LogP contribution in [0.2, 0.25) is 0 Å². The molecule has 0 radical (unpaired) electrons. The lowest BCUT2D eigenvalue weighted by Crippen LogP contribution is -2.32. The number of carbonyl (C=O) groups excluding carboxylic acids is 1. The number of amides is 1. The van der Waals surface area contributed by atoms with Crippen molar-refractivity contribution >= 4 is 11.8 Å². The average molecular weight is 405 g/mol. The number of pyridine rings is 1. The standard InChI is InChI=1S/C22H23N5O3/c1-4-18-17-10-15-9-13(5-7-16(15)27(17)21(28)30-18)14-6-8-20(23-11-14)26-12-19(24-25-26)22(2,3)29/h5-9,11-12,17-18,29H,4,10H2,1-3H3/t17-,18-/m0/s1. The molecule has 8 nitrogen and oxygen atoms in total. The van der Waals surface area contributed by atoms with Gasteiger partial charge in [0.25, 0.3) is 0 Å². The first kappa shape index (κ1) is 18.7. The Morgan fingerprint density at radius 1 is 1.23 bits per heavy atom. The zero-order valence-corrected chi connectivity index (χ0v) is 17.1. The van der Waals surface area contributed by atoms with Crippen LogP contribution in [-0.2, 0) is 16.8 Å². The fourth-order valence-electron chi connectivity index (χ4n) is 4.16. The van der Waals surface area contributed by atoms with Gasteiger partial charge in [0.15, 0.2) is 5.82 Å². The summed E-state index contributed by atoms with van der Waals surface area (Å²) in [5.74, 6) is 0.622. The zero-order chi connectivity index (χ0) is 21.0. The van der Waals surface area contributed by atoms with Crippen LogP contribution in [-0.4, -0.2) is 43.3 Å². The molecular weight excluding hydrogens is 382 g/mol. The molecule has 0 bridgehead atoms. The Balaban J connectivity index is 1.41. The maximum absolute atomic E-state index is 12.2. The lowest BCUT2D eigenvalue weighted by Gasteiger charge is -2.15. The largest absolute Gasteiger partial charge is 0.444 e. The van der Waals surface area contributed by atoms with Gasteiger partial charge in [-0.3, -0.25) is 4.90 Å². The molecule has 4 heterocycles. The monoisotopic (exact) mass is 405 g/mol. The Hall–Kier alpha value is -3.26. The molecule has 1 saturated heterocycles. The van der Waals surface area contributed by atoms with E-state index in [0.29, 0.717) is 11.5 Å². The van der Waals surface area contributed by atoms with Crippen LogP contribution in [0.15, 0.2) is 42.7 Å². The fourth-order valence-corrected chi connectivity index (χ4v) is 4.16. The lowest BCUT2D eigenvalue weighted by atomic mass is 10.0. The van der Waals surface area contributed by atoms with Crippen molar-refractivity contribution in [1.82, 2.24) is 20.0 Å². The minimum atomic E-state index is -1.06. The number of benzene rings is 1. The van der Waals surface area contributed by atoms with Crippen LogP contribution in [0.5, 0.6) is 0 Å². The first-order valence-corrected chi connectivity index (χ1v) is 10.1. The molecule has 154 valence electrons. The molecule has 2 atom stereocenters. The predicted molar refractivity (Wildman–Crippen MR) is 110 cm³/mol. The number of aromatic nitrogens is 4. The van der Waals surface area contributed by atoms with Crippen molar-refractivity contribution in [3.05, 3.63) is 54.0 Å². The van der Waals surface area contributed by atoms with E-state index in [1.807, 2.05) is 31.2 Å². The quantitative estimate of drug-likeness (QED) is 0.716. The van der Waals surface area contributed by atoms with E-state index in [9.17, 15) is 9.90 Å². The van der Waals surface area contributed by atoms with Gasteiger partial charge in [-0.2, -0.15) is 0 Å². The van der Waals surface area contributed by atoms with E-state index in [1.54, 1.807) is 35.8 Å². The summed E-state index contributed by atoms with van der Waals surface area (Å²) in [4.78, 5) is 18.5. The summed E-state index contributed by atoms with van der Waals surface area (Å²) in [6.45, 7) is 5.38. The van der Waals surface area contributed by atoms with Gasteiger partial charge in [0.2, 0.25) is 0 Å². The molecule has 3 aromatic rings. The minimum Gasteiger partial charge on any atom is -0.444 e. The number of aliphatic hydroxyl groups is 1. The number of rotatable bonds is 4. The van der Waals surface area contributed by atoms with Crippen molar-refractivity contribution < 1.29 is 14.6 Å². The number of hydrogen-bond donors (Lipinski definition) is 1. The van der Waals surface area contributed by atoms with Crippen LogP contribution in [0.25, 0.3) is 16.9 Å². The number of fused-ring (bicyclic) bond motifs is 3. The maximum atomic E-state index is 12.2. The molecule has 8 heteroatoms. The fraction of sp³-hybridized carbons (Fsp3) is 0.364. The number of nitrogens with zero attached hydrogens (tertiary/aromatic N) is 5. The van der Waals surface area contributed by atoms with Crippen molar-refractivity contribution in [1.29, 1.82) is 0 Å². The van der Waals surface area contributed by atoms with Crippen LogP contribution in [0.3, 0.4) is 0 Å². The van der Waals surface area contributed by atoms with E-state index < -0.39 is 5.60 Å². The molecule has 1 aromatic carbocycles. The second-order valence-corrected chi connectivity index (χ2v) is 8.33. The normalized spacial score (nSPS) is 20.3. The average Bonchev–Trinajstić information content (AvgIpc) is 3.42. The second-order valence-electron chi connectivity index (χ2n) is 8.33. The van der Waals surface area contributed by atoms with Gasteiger partial charge < -0.3 is 9.84 Å². The zero-order valence-electron chi connectivity index (χ0n) is 17.1. The minimum absolute atomic E-state index is 0.0502. The van der Waals surface area contributed by atoms with E-state index in [-0.39, 0.29) is 18.2 Å². The molecular formula is C22H23N5O3. The molecule has 30 heavy (non-hydrogen) atoms. The Morgan fingerprint density at radius 3 is 2.70 bits per heavy atom. The highest BCUT2D eigenvalue weighted by Crippen LogP contribution is 2.41. The van der Waals surface area contributed by atoms with Gasteiger partial charge >= 0.3 is 6.09 Å². The van der Waals surface area contributed by atoms with Gasteiger partial charge in [-0.1, -0.05) is 18.2 Å². The van der Waals surface area contributed by atoms with Gasteiger partial charge in [0.05, 0.1) is 17.9 Å². The van der Waals surface area contributed by atoms with Gasteiger partial charge in [0, 0.05) is 11.8 Å². The highest BCUT2D eigenvalue weighted by Gasteiger charge is 2.46. The second kappa shape index (κ2) is 6.63. The van der Waals surface area contributed by atoms with Crippen molar-refractivity contribution in [2.75, 3.05) is 4.90 Å². The first-order chi connectivity index (χ1) is 14.3. The lowest BCUT2D eigenvalue weighted by molar-refractivity contribution is 0.0737. The van der Waals surface area contributed by atoms with Crippen LogP contribution < -0.4 is 4.90 Å². The Bertz CT molecular complexity index is 1120. The molecule has 1 N–H and O–H groups in total. The third-order valence-electron chi connectivity index (χ3n) is 5.82. The predicted octanol–water partition coefficient (Wildman–Crippen LogP) is 3.22. The Kier molecular flexibility index (Phi) is 4.14. The topological polar surface area (TPSA) is 93.4 Å². The number of carbonyl (C=O) groups is 1. The van der Waals surface area contributed by atoms with E-state index >= 15 is 0 Å². The van der Waals surface area contributed by atoms with Gasteiger partial charge in [0.1, 0.15) is 17.4 Å². The summed E-state index contributed by atoms with van der Waals surface area (Å²) in [7, 11) is 0. The number of cyclic esters (lactones) is 1. The van der Waals surface area contributed by atoms with E-state index in [2.05, 4.69) is 21.4 Å². The smallest absolute Gasteiger partial charge is 0.415 e. The molecule has 2 aliphatic heterocycles. The van der Waals surface area contributed by atoms with Crippen molar-refractivity contribution in [2.45, 2.75) is 51.4 Å². The van der Waals surface area contributed by atoms with Crippen LogP contribution in [0.1, 0.15) is 38.4 Å². The number of anilines is 1. The molecule has 0 unspecified atom stereocenters. The number of ether oxygens (including phenoxy) is 1. The summed E-state index contributed by atoms with van der Waals surface area (Å²) in [5.41, 5.74) is 3.55. The third kappa shape index (κ3) is 2.95. The SMILES string of the molecule is CC[C@@H]1OC(=O)N2c3ccc(-c4ccc(-n5cc(C(C)(C)O)nn5)nc4)cc3C[C@@H]12. The summed E-state index contributed by atoms with van der Waals surface area (Å²) in [6.07, 6.45) is 4.79. The molecule has 2 aromatic heterocycles. The molecule has 2 aliphatic rings. The third-order valence-corrected chi connectivity index (χ3v) is 5.82. The van der Waals surface area contributed by atoms with Crippen LogP contribution in [0, 0.1) is 0 Å². The Morgan fingerprint density at radius 2 is 2.03 bits per heavy atom. The Labute approximate surface area is 174 Å². The molecule has 1 amide bonds. The molecule has 0 spiro atoms. The number of hydrogen-bond acceptors (Lipinski definition) is 6.